The molecule has 2 aromatic rings. The van der Waals surface area contributed by atoms with Crippen molar-refractivity contribution >= 4 is 5.97 Å². The van der Waals surface area contributed by atoms with E-state index >= 15 is 0 Å². The normalized spacial score (nSPS) is 13.4. The highest BCUT2D eigenvalue weighted by atomic mass is 16.5. The van der Waals surface area contributed by atoms with Gasteiger partial charge in [0.25, 0.3) is 0 Å². The fraction of sp³-hybridized carbons (Fsp3) is 0.316. The summed E-state index contributed by atoms with van der Waals surface area (Å²) in [5, 5.41) is 0. The molecule has 0 unspecified atom stereocenters. The summed E-state index contributed by atoms with van der Waals surface area (Å²) < 4.78 is 4.73. The molecular weight excluding hydrogens is 274 g/mol. The van der Waals surface area contributed by atoms with E-state index in [2.05, 4.69) is 36.4 Å². The Balaban J connectivity index is 1.95. The van der Waals surface area contributed by atoms with Gasteiger partial charge >= 0.3 is 5.97 Å². The first-order chi connectivity index (χ1) is 10.6. The van der Waals surface area contributed by atoms with Crippen LogP contribution in [0.2, 0.25) is 0 Å². The Hall–Kier alpha value is -2.13. The van der Waals surface area contributed by atoms with Gasteiger partial charge in [0.05, 0.1) is 13.0 Å². The van der Waals surface area contributed by atoms with Crippen molar-refractivity contribution in [2.75, 3.05) is 7.11 Å². The maximum Gasteiger partial charge on any atom is 0.308 e. The van der Waals surface area contributed by atoms with Gasteiger partial charge in [-0.2, -0.15) is 0 Å². The molecule has 0 aliphatic heterocycles. The minimum atomic E-state index is -0.199. The summed E-state index contributed by atoms with van der Waals surface area (Å²) >= 11 is 0. The van der Waals surface area contributed by atoms with Crippen LogP contribution in [-0.4, -0.2) is 19.1 Å². The molecule has 0 aromatic heterocycles. The number of hydrogen-bond donors (Lipinski definition) is 1. The quantitative estimate of drug-likeness (QED) is 0.831. The van der Waals surface area contributed by atoms with Gasteiger partial charge in [0.15, 0.2) is 0 Å². The molecule has 116 valence electrons. The molecule has 0 heterocycles. The predicted octanol–water partition coefficient (Wildman–Crippen LogP) is 3.42. The second kappa shape index (κ2) is 7.76. The molecule has 2 N–H and O–H groups in total. The van der Waals surface area contributed by atoms with E-state index in [4.69, 9.17) is 10.5 Å². The van der Waals surface area contributed by atoms with E-state index in [1.165, 1.54) is 23.8 Å². The summed E-state index contributed by atoms with van der Waals surface area (Å²) in [6.07, 6.45) is 1.39. The number of ether oxygens (including phenoxy) is 1. The lowest BCUT2D eigenvalue weighted by atomic mass is 9.95. The van der Waals surface area contributed by atoms with Crippen LogP contribution in [0.25, 0.3) is 11.1 Å². The van der Waals surface area contributed by atoms with E-state index in [1.54, 1.807) is 0 Å². The second-order valence-electron chi connectivity index (χ2n) is 5.69. The van der Waals surface area contributed by atoms with Crippen LogP contribution in [0.1, 0.15) is 18.9 Å². The van der Waals surface area contributed by atoms with Crippen molar-refractivity contribution in [3.63, 3.8) is 0 Å². The van der Waals surface area contributed by atoms with Gasteiger partial charge in [0.2, 0.25) is 0 Å². The first-order valence-corrected chi connectivity index (χ1v) is 7.58. The second-order valence-corrected chi connectivity index (χ2v) is 5.69. The Kier molecular flexibility index (Phi) is 5.73. The van der Waals surface area contributed by atoms with E-state index in [0.717, 1.165) is 6.42 Å². The molecule has 0 saturated heterocycles. The van der Waals surface area contributed by atoms with E-state index < -0.39 is 0 Å². The molecular formula is C19H23NO2. The van der Waals surface area contributed by atoms with Crippen molar-refractivity contribution < 1.29 is 9.53 Å². The lowest BCUT2D eigenvalue weighted by Crippen LogP contribution is -2.28. The summed E-state index contributed by atoms with van der Waals surface area (Å²) in [5.41, 5.74) is 9.73. The Morgan fingerprint density at radius 1 is 1.05 bits per heavy atom. The zero-order chi connectivity index (χ0) is 15.9. The number of rotatable bonds is 6. The molecule has 0 saturated carbocycles. The molecule has 3 nitrogen and oxygen atoms in total. The van der Waals surface area contributed by atoms with Crippen LogP contribution in [0.3, 0.4) is 0 Å². The van der Waals surface area contributed by atoms with Gasteiger partial charge in [-0.3, -0.25) is 4.79 Å². The molecule has 0 radical (unpaired) electrons. The SMILES string of the molecule is COC(=O)[C@@H](C)C[C@H](N)Cc1ccc(-c2ccccc2)cc1. The number of nitrogens with two attached hydrogens (primary N) is 1. The average molecular weight is 297 g/mol. The van der Waals surface area contributed by atoms with Crippen molar-refractivity contribution in [3.05, 3.63) is 60.2 Å². The number of carbonyl (C=O) groups is 1. The van der Waals surface area contributed by atoms with Crippen molar-refractivity contribution in [1.29, 1.82) is 0 Å². The Bertz CT molecular complexity index is 593. The van der Waals surface area contributed by atoms with Crippen molar-refractivity contribution in [2.45, 2.75) is 25.8 Å². The summed E-state index contributed by atoms with van der Waals surface area (Å²) in [5.74, 6) is -0.363. The highest BCUT2D eigenvalue weighted by Gasteiger charge is 2.17. The molecule has 0 aliphatic carbocycles. The highest BCUT2D eigenvalue weighted by Crippen LogP contribution is 2.20. The van der Waals surface area contributed by atoms with Gasteiger partial charge in [-0.1, -0.05) is 61.5 Å². The molecule has 3 heteroatoms. The van der Waals surface area contributed by atoms with Gasteiger partial charge in [0, 0.05) is 6.04 Å². The summed E-state index contributed by atoms with van der Waals surface area (Å²) in [6, 6.07) is 18.7. The van der Waals surface area contributed by atoms with Crippen LogP contribution < -0.4 is 5.73 Å². The van der Waals surface area contributed by atoms with Gasteiger partial charge in [-0.15, -0.1) is 0 Å². The molecule has 0 spiro atoms. The largest absolute Gasteiger partial charge is 0.469 e. The number of carbonyl (C=O) groups excluding carboxylic acids is 1. The van der Waals surface area contributed by atoms with Crippen LogP contribution in [0.4, 0.5) is 0 Å². The smallest absolute Gasteiger partial charge is 0.308 e. The molecule has 0 fully saturated rings. The number of benzene rings is 2. The first kappa shape index (κ1) is 16.2. The lowest BCUT2D eigenvalue weighted by Gasteiger charge is -2.16. The van der Waals surface area contributed by atoms with Crippen LogP contribution in [0.5, 0.6) is 0 Å². The Morgan fingerprint density at radius 3 is 2.23 bits per heavy atom. The fourth-order valence-electron chi connectivity index (χ4n) is 2.60. The van der Waals surface area contributed by atoms with E-state index in [9.17, 15) is 4.79 Å². The van der Waals surface area contributed by atoms with Gasteiger partial charge < -0.3 is 10.5 Å². The molecule has 0 amide bonds. The maximum absolute atomic E-state index is 11.4. The highest BCUT2D eigenvalue weighted by molar-refractivity contribution is 5.71. The van der Waals surface area contributed by atoms with Crippen molar-refractivity contribution in [3.8, 4) is 11.1 Å². The third kappa shape index (κ3) is 4.43. The van der Waals surface area contributed by atoms with E-state index in [-0.39, 0.29) is 17.9 Å². The average Bonchev–Trinajstić information content (AvgIpc) is 2.55. The molecule has 22 heavy (non-hydrogen) atoms. The number of hydrogen-bond acceptors (Lipinski definition) is 3. The van der Waals surface area contributed by atoms with Gasteiger partial charge in [0.1, 0.15) is 0 Å². The lowest BCUT2D eigenvalue weighted by molar-refractivity contribution is -0.145. The predicted molar refractivity (Wildman–Crippen MR) is 89.4 cm³/mol. The molecule has 2 atom stereocenters. The summed E-state index contributed by atoms with van der Waals surface area (Å²) in [7, 11) is 1.41. The summed E-state index contributed by atoms with van der Waals surface area (Å²) in [4.78, 5) is 11.4. The Morgan fingerprint density at radius 2 is 1.64 bits per heavy atom. The third-order valence-electron chi connectivity index (χ3n) is 3.82. The minimum absolute atomic E-state index is 0.0447. The summed E-state index contributed by atoms with van der Waals surface area (Å²) in [6.45, 7) is 1.85. The zero-order valence-corrected chi connectivity index (χ0v) is 13.2. The van der Waals surface area contributed by atoms with Crippen molar-refractivity contribution in [2.24, 2.45) is 11.7 Å². The number of esters is 1. The van der Waals surface area contributed by atoms with Crippen LogP contribution in [0, 0.1) is 5.92 Å². The van der Waals surface area contributed by atoms with Crippen LogP contribution >= 0.6 is 0 Å². The molecule has 0 aliphatic rings. The maximum atomic E-state index is 11.4. The van der Waals surface area contributed by atoms with Gasteiger partial charge in [-0.25, -0.2) is 0 Å². The molecule has 0 bridgehead atoms. The topological polar surface area (TPSA) is 52.3 Å². The van der Waals surface area contributed by atoms with Crippen molar-refractivity contribution in [1.82, 2.24) is 0 Å². The third-order valence-corrected chi connectivity index (χ3v) is 3.82. The van der Waals surface area contributed by atoms with Gasteiger partial charge in [-0.05, 0) is 29.5 Å². The van der Waals surface area contributed by atoms with Crippen LogP contribution in [-0.2, 0) is 16.0 Å². The fourth-order valence-corrected chi connectivity index (χ4v) is 2.60. The monoisotopic (exact) mass is 297 g/mol. The number of methoxy groups -OCH3 is 1. The minimum Gasteiger partial charge on any atom is -0.469 e. The van der Waals surface area contributed by atoms with E-state index in [1.807, 2.05) is 25.1 Å². The zero-order valence-electron chi connectivity index (χ0n) is 13.2. The van der Waals surface area contributed by atoms with Crippen LogP contribution in [0.15, 0.2) is 54.6 Å². The molecule has 2 aromatic carbocycles. The first-order valence-electron chi connectivity index (χ1n) is 7.58. The standard InChI is InChI=1S/C19H23NO2/c1-14(19(21)22-2)12-18(20)13-15-8-10-17(11-9-15)16-6-4-3-5-7-16/h3-11,14,18H,12-13,20H2,1-2H3/t14-,18-/m0/s1. The van der Waals surface area contributed by atoms with E-state index in [0.29, 0.717) is 6.42 Å². The molecule has 2 rings (SSSR count). The Labute approximate surface area is 132 Å².